The van der Waals surface area contributed by atoms with Gasteiger partial charge in [0, 0.05) is 18.1 Å². The Morgan fingerprint density at radius 2 is 1.76 bits per heavy atom. The normalized spacial score (nSPS) is 17.2. The number of rotatable bonds is 6. The Labute approximate surface area is 124 Å². The van der Waals surface area contributed by atoms with Gasteiger partial charge in [0.05, 0.1) is 13.2 Å². The van der Waals surface area contributed by atoms with Crippen molar-refractivity contribution >= 4 is 17.8 Å². The number of amides is 1. The van der Waals surface area contributed by atoms with Crippen molar-refractivity contribution in [2.45, 2.75) is 45.1 Å². The third-order valence-corrected chi connectivity index (χ3v) is 3.40. The molecule has 0 heterocycles. The van der Waals surface area contributed by atoms with Crippen LogP contribution in [0.5, 0.6) is 0 Å². The molecule has 1 aliphatic rings. The number of carbonyl (C=O) groups is 3. The van der Waals surface area contributed by atoms with E-state index in [-0.39, 0.29) is 24.5 Å². The topological polar surface area (TPSA) is 81.7 Å². The molecule has 6 heteroatoms. The summed E-state index contributed by atoms with van der Waals surface area (Å²) in [7, 11) is 1.22. The summed E-state index contributed by atoms with van der Waals surface area (Å²) in [5.74, 6) is -1.15. The molecular formula is C15H23NO5. The highest BCUT2D eigenvalue weighted by Crippen LogP contribution is 2.23. The fourth-order valence-corrected chi connectivity index (χ4v) is 2.23. The van der Waals surface area contributed by atoms with E-state index < -0.39 is 11.9 Å². The monoisotopic (exact) mass is 297 g/mol. The van der Waals surface area contributed by atoms with Crippen LogP contribution in [0.1, 0.15) is 39.0 Å². The summed E-state index contributed by atoms with van der Waals surface area (Å²) in [6, 6.07) is -0.255. The van der Waals surface area contributed by atoms with E-state index in [0.717, 1.165) is 37.8 Å². The van der Waals surface area contributed by atoms with Gasteiger partial charge in [-0.05, 0) is 19.8 Å². The van der Waals surface area contributed by atoms with Crippen molar-refractivity contribution in [2.75, 3.05) is 13.7 Å². The summed E-state index contributed by atoms with van der Waals surface area (Å²) in [5, 5.41) is 2.85. The van der Waals surface area contributed by atoms with Crippen LogP contribution >= 0.6 is 0 Å². The third kappa shape index (κ3) is 6.92. The van der Waals surface area contributed by atoms with Crippen LogP contribution in [0.4, 0.5) is 0 Å². The molecule has 1 N–H and O–H groups in total. The number of hydrogen-bond donors (Lipinski definition) is 1. The first-order chi connectivity index (χ1) is 10.0. The maximum absolute atomic E-state index is 12.0. The lowest BCUT2D eigenvalue weighted by Crippen LogP contribution is -2.40. The molecule has 1 unspecified atom stereocenters. The molecule has 1 fully saturated rings. The lowest BCUT2D eigenvalue weighted by Gasteiger charge is -2.23. The molecule has 1 aliphatic carbocycles. The molecule has 21 heavy (non-hydrogen) atoms. The number of methoxy groups -OCH3 is 1. The van der Waals surface area contributed by atoms with Gasteiger partial charge in [-0.2, -0.15) is 0 Å². The van der Waals surface area contributed by atoms with Gasteiger partial charge in [0.25, 0.3) is 0 Å². The maximum atomic E-state index is 12.0. The second kappa shape index (κ2) is 9.15. The second-order valence-corrected chi connectivity index (χ2v) is 5.23. The number of carbonyl (C=O) groups excluding carboxylic acids is 3. The van der Waals surface area contributed by atoms with Crippen LogP contribution in [0.2, 0.25) is 0 Å². The Kier molecular flexibility index (Phi) is 7.50. The molecule has 0 bridgehead atoms. The Bertz CT molecular complexity index is 399. The van der Waals surface area contributed by atoms with Gasteiger partial charge in [-0.15, -0.1) is 0 Å². The van der Waals surface area contributed by atoms with Gasteiger partial charge in [-0.25, -0.2) is 9.59 Å². The van der Waals surface area contributed by atoms with Crippen molar-refractivity contribution < 1.29 is 23.9 Å². The van der Waals surface area contributed by atoms with Crippen LogP contribution in [0.25, 0.3) is 0 Å². The molecule has 118 valence electrons. The Morgan fingerprint density at radius 3 is 2.38 bits per heavy atom. The quantitative estimate of drug-likeness (QED) is 0.591. The van der Waals surface area contributed by atoms with Crippen LogP contribution in [-0.4, -0.2) is 37.6 Å². The number of esters is 2. The SMILES string of the molecule is COC(=O)/C=C/C(=O)OCC(C)NC(=O)C1CCCCC1. The van der Waals surface area contributed by atoms with E-state index in [1.54, 1.807) is 6.92 Å². The van der Waals surface area contributed by atoms with E-state index in [4.69, 9.17) is 4.74 Å². The first-order valence-corrected chi connectivity index (χ1v) is 7.26. The minimum absolute atomic E-state index is 0.0309. The smallest absolute Gasteiger partial charge is 0.331 e. The highest BCUT2D eigenvalue weighted by molar-refractivity contribution is 5.91. The van der Waals surface area contributed by atoms with Crippen LogP contribution in [-0.2, 0) is 23.9 Å². The first-order valence-electron chi connectivity index (χ1n) is 7.26. The molecule has 0 aromatic rings. The van der Waals surface area contributed by atoms with Gasteiger partial charge >= 0.3 is 11.9 Å². The molecule has 1 atom stereocenters. The van der Waals surface area contributed by atoms with Crippen LogP contribution in [0.15, 0.2) is 12.2 Å². The van der Waals surface area contributed by atoms with E-state index in [1.165, 1.54) is 13.5 Å². The average Bonchev–Trinajstić information content (AvgIpc) is 2.51. The minimum atomic E-state index is -0.640. The molecule has 0 aromatic heterocycles. The van der Waals surface area contributed by atoms with E-state index in [1.807, 2.05) is 0 Å². The van der Waals surface area contributed by atoms with Crippen molar-refractivity contribution in [3.05, 3.63) is 12.2 Å². The predicted molar refractivity (Wildman–Crippen MR) is 76.3 cm³/mol. The summed E-state index contributed by atoms with van der Waals surface area (Å²) in [4.78, 5) is 34.1. The first kappa shape index (κ1) is 17.2. The number of ether oxygens (including phenoxy) is 2. The van der Waals surface area contributed by atoms with Gasteiger partial charge in [0.2, 0.25) is 5.91 Å². The fraction of sp³-hybridized carbons (Fsp3) is 0.667. The summed E-state index contributed by atoms with van der Waals surface area (Å²) in [6.07, 6.45) is 7.25. The minimum Gasteiger partial charge on any atom is -0.466 e. The highest BCUT2D eigenvalue weighted by Gasteiger charge is 2.22. The van der Waals surface area contributed by atoms with E-state index in [0.29, 0.717) is 0 Å². The molecule has 0 aliphatic heterocycles. The van der Waals surface area contributed by atoms with Crippen molar-refractivity contribution in [1.29, 1.82) is 0 Å². The lowest BCUT2D eigenvalue weighted by molar-refractivity contribution is -0.140. The second-order valence-electron chi connectivity index (χ2n) is 5.23. The van der Waals surface area contributed by atoms with Gasteiger partial charge < -0.3 is 14.8 Å². The maximum Gasteiger partial charge on any atom is 0.331 e. The summed E-state index contributed by atoms with van der Waals surface area (Å²) < 4.78 is 9.29. The molecule has 0 saturated heterocycles. The Balaban J connectivity index is 2.25. The average molecular weight is 297 g/mol. The van der Waals surface area contributed by atoms with Crippen LogP contribution < -0.4 is 5.32 Å². The molecule has 1 rings (SSSR count). The Hall–Kier alpha value is -1.85. The largest absolute Gasteiger partial charge is 0.466 e. The summed E-state index contributed by atoms with van der Waals surface area (Å²) in [5.41, 5.74) is 0. The molecule has 0 radical (unpaired) electrons. The highest BCUT2D eigenvalue weighted by atomic mass is 16.5. The third-order valence-electron chi connectivity index (χ3n) is 3.40. The molecular weight excluding hydrogens is 274 g/mol. The number of nitrogens with one attached hydrogen (secondary N) is 1. The van der Waals surface area contributed by atoms with Crippen molar-refractivity contribution in [3.8, 4) is 0 Å². The molecule has 0 aromatic carbocycles. The molecule has 1 amide bonds. The van der Waals surface area contributed by atoms with Crippen molar-refractivity contribution in [2.24, 2.45) is 5.92 Å². The summed E-state index contributed by atoms with van der Waals surface area (Å²) in [6.45, 7) is 1.85. The molecule has 6 nitrogen and oxygen atoms in total. The Morgan fingerprint density at radius 1 is 1.14 bits per heavy atom. The van der Waals surface area contributed by atoms with Crippen molar-refractivity contribution in [1.82, 2.24) is 5.32 Å². The van der Waals surface area contributed by atoms with Gasteiger partial charge in [0.15, 0.2) is 0 Å². The zero-order valence-electron chi connectivity index (χ0n) is 12.6. The van der Waals surface area contributed by atoms with Gasteiger partial charge in [-0.1, -0.05) is 19.3 Å². The standard InChI is InChI=1S/C15H23NO5/c1-11(10-21-14(18)9-8-13(17)20-2)16-15(19)12-6-4-3-5-7-12/h8-9,11-12H,3-7,10H2,1-2H3,(H,16,19)/b9-8+. The van der Waals surface area contributed by atoms with Crippen LogP contribution in [0, 0.1) is 5.92 Å². The summed E-state index contributed by atoms with van der Waals surface area (Å²) >= 11 is 0. The fourth-order valence-electron chi connectivity index (χ4n) is 2.23. The zero-order chi connectivity index (χ0) is 15.7. The van der Waals surface area contributed by atoms with Crippen LogP contribution in [0.3, 0.4) is 0 Å². The number of hydrogen-bond acceptors (Lipinski definition) is 5. The van der Waals surface area contributed by atoms with Gasteiger partial charge in [0.1, 0.15) is 6.61 Å². The van der Waals surface area contributed by atoms with E-state index >= 15 is 0 Å². The van der Waals surface area contributed by atoms with Crippen molar-refractivity contribution in [3.63, 3.8) is 0 Å². The zero-order valence-corrected chi connectivity index (χ0v) is 12.6. The van der Waals surface area contributed by atoms with Gasteiger partial charge in [-0.3, -0.25) is 4.79 Å². The van der Waals surface area contributed by atoms with E-state index in [9.17, 15) is 14.4 Å². The van der Waals surface area contributed by atoms with E-state index in [2.05, 4.69) is 10.1 Å². The molecule has 1 saturated carbocycles. The predicted octanol–water partition coefficient (Wildman–Crippen LogP) is 1.34. The molecule has 0 spiro atoms. The lowest BCUT2D eigenvalue weighted by atomic mass is 9.88.